The topological polar surface area (TPSA) is 66.8 Å². The second kappa shape index (κ2) is 6.47. The smallest absolute Gasteiger partial charge is 0.479 e. The Morgan fingerprint density at radius 1 is 1.13 bits per heavy atom. The largest absolute Gasteiger partial charge is 0.573 e. The lowest BCUT2D eigenvalue weighted by Gasteiger charge is -2.12. The summed E-state index contributed by atoms with van der Waals surface area (Å²) in [5.41, 5.74) is 0.930. The summed E-state index contributed by atoms with van der Waals surface area (Å²) < 4.78 is 40.1. The van der Waals surface area contributed by atoms with Crippen molar-refractivity contribution in [3.8, 4) is 16.9 Å². The number of hydrogen-bond donors (Lipinski definition) is 2. The molecule has 0 amide bonds. The summed E-state index contributed by atoms with van der Waals surface area (Å²) in [6, 6.07) is 9.03. The molecule has 2 N–H and O–H groups in total. The van der Waals surface area contributed by atoms with E-state index >= 15 is 0 Å². The number of aliphatic hydroxyl groups excluding tert-OH is 1. The molecule has 2 rings (SSSR count). The van der Waals surface area contributed by atoms with Gasteiger partial charge in [0.15, 0.2) is 6.10 Å². The van der Waals surface area contributed by atoms with E-state index in [0.29, 0.717) is 11.1 Å². The number of carboxylic acids is 1. The second-order valence-electron chi connectivity index (χ2n) is 4.55. The quantitative estimate of drug-likeness (QED) is 0.877. The summed E-state index contributed by atoms with van der Waals surface area (Å²) in [6.07, 6.45) is -6.51. The summed E-state index contributed by atoms with van der Waals surface area (Å²) in [4.78, 5) is 10.8. The minimum Gasteiger partial charge on any atom is -0.479 e. The standard InChI is InChI=1S/C15H10ClF3O4/c16-12-6-3-9(13(20)14(21)22)7-11(12)8-1-4-10(5-2-8)23-15(17,18)19/h1-7,13,20H,(H,21,22). The van der Waals surface area contributed by atoms with Crippen LogP contribution in [0.4, 0.5) is 13.2 Å². The van der Waals surface area contributed by atoms with Crippen molar-refractivity contribution in [2.24, 2.45) is 0 Å². The van der Waals surface area contributed by atoms with Crippen molar-refractivity contribution in [1.29, 1.82) is 0 Å². The van der Waals surface area contributed by atoms with Gasteiger partial charge in [-0.15, -0.1) is 13.2 Å². The Balaban J connectivity index is 2.34. The van der Waals surface area contributed by atoms with Gasteiger partial charge in [0.1, 0.15) is 5.75 Å². The molecule has 1 atom stereocenters. The lowest BCUT2D eigenvalue weighted by atomic mass is 10.0. The van der Waals surface area contributed by atoms with Gasteiger partial charge < -0.3 is 14.9 Å². The van der Waals surface area contributed by atoms with E-state index in [2.05, 4.69) is 4.74 Å². The molecule has 4 nitrogen and oxygen atoms in total. The minimum absolute atomic E-state index is 0.104. The summed E-state index contributed by atoms with van der Waals surface area (Å²) in [6.45, 7) is 0. The SMILES string of the molecule is O=C(O)C(O)c1ccc(Cl)c(-c2ccc(OC(F)(F)F)cc2)c1. The Hall–Kier alpha value is -2.25. The molecule has 0 aliphatic rings. The first-order valence-corrected chi connectivity index (χ1v) is 6.61. The first kappa shape index (κ1) is 17.1. The van der Waals surface area contributed by atoms with E-state index in [-0.39, 0.29) is 16.3 Å². The van der Waals surface area contributed by atoms with Crippen LogP contribution in [-0.2, 0) is 4.79 Å². The highest BCUT2D eigenvalue weighted by atomic mass is 35.5. The van der Waals surface area contributed by atoms with Crippen molar-refractivity contribution < 1.29 is 32.9 Å². The zero-order valence-corrected chi connectivity index (χ0v) is 12.1. The zero-order valence-electron chi connectivity index (χ0n) is 11.3. The van der Waals surface area contributed by atoms with Gasteiger partial charge in [-0.25, -0.2) is 4.79 Å². The minimum atomic E-state index is -4.79. The molecular formula is C15H10ClF3O4. The molecular weight excluding hydrogens is 337 g/mol. The third kappa shape index (κ3) is 4.37. The van der Waals surface area contributed by atoms with Crippen LogP contribution in [-0.4, -0.2) is 22.5 Å². The van der Waals surface area contributed by atoms with Crippen LogP contribution >= 0.6 is 11.6 Å². The van der Waals surface area contributed by atoms with Gasteiger partial charge in [0.25, 0.3) is 0 Å². The molecule has 1 unspecified atom stereocenters. The van der Waals surface area contributed by atoms with E-state index in [1.807, 2.05) is 0 Å². The molecule has 2 aromatic carbocycles. The maximum absolute atomic E-state index is 12.1. The average Bonchev–Trinajstić information content (AvgIpc) is 2.46. The fourth-order valence-electron chi connectivity index (χ4n) is 1.91. The molecule has 0 aliphatic heterocycles. The van der Waals surface area contributed by atoms with Crippen molar-refractivity contribution in [1.82, 2.24) is 0 Å². The molecule has 122 valence electrons. The van der Waals surface area contributed by atoms with Crippen molar-refractivity contribution in [2.45, 2.75) is 12.5 Å². The first-order valence-electron chi connectivity index (χ1n) is 6.24. The first-order chi connectivity index (χ1) is 10.7. The van der Waals surface area contributed by atoms with E-state index in [4.69, 9.17) is 16.7 Å². The van der Waals surface area contributed by atoms with E-state index in [1.165, 1.54) is 30.3 Å². The second-order valence-corrected chi connectivity index (χ2v) is 4.96. The Kier molecular flexibility index (Phi) is 4.82. The van der Waals surface area contributed by atoms with Gasteiger partial charge in [-0.2, -0.15) is 0 Å². The van der Waals surface area contributed by atoms with Crippen LogP contribution < -0.4 is 4.74 Å². The molecule has 0 fully saturated rings. The van der Waals surface area contributed by atoms with Crippen LogP contribution in [0.1, 0.15) is 11.7 Å². The van der Waals surface area contributed by atoms with E-state index in [1.54, 1.807) is 0 Å². The number of carbonyl (C=O) groups is 1. The van der Waals surface area contributed by atoms with Gasteiger partial charge in [0.05, 0.1) is 0 Å². The monoisotopic (exact) mass is 346 g/mol. The molecule has 0 saturated heterocycles. The zero-order chi connectivity index (χ0) is 17.2. The van der Waals surface area contributed by atoms with Gasteiger partial charge in [-0.3, -0.25) is 0 Å². The van der Waals surface area contributed by atoms with Crippen LogP contribution in [0, 0.1) is 0 Å². The molecule has 0 saturated carbocycles. The molecule has 0 bridgehead atoms. The molecule has 0 spiro atoms. The predicted octanol–water partition coefficient (Wildman–Crippen LogP) is 4.02. The normalized spacial score (nSPS) is 12.7. The van der Waals surface area contributed by atoms with Gasteiger partial charge >= 0.3 is 12.3 Å². The van der Waals surface area contributed by atoms with Crippen LogP contribution in [0.3, 0.4) is 0 Å². The molecule has 0 heterocycles. The number of halogens is 4. The third-order valence-electron chi connectivity index (χ3n) is 2.94. The summed E-state index contributed by atoms with van der Waals surface area (Å²) in [7, 11) is 0. The number of carboxylic acid groups (broad SMARTS) is 1. The molecule has 0 aliphatic carbocycles. The number of aliphatic carboxylic acids is 1. The van der Waals surface area contributed by atoms with E-state index < -0.39 is 18.4 Å². The van der Waals surface area contributed by atoms with Gasteiger partial charge in [0.2, 0.25) is 0 Å². The number of rotatable bonds is 4. The highest BCUT2D eigenvalue weighted by Gasteiger charge is 2.31. The number of hydrogen-bond acceptors (Lipinski definition) is 3. The number of benzene rings is 2. The average molecular weight is 347 g/mol. The van der Waals surface area contributed by atoms with Crippen LogP contribution in [0.15, 0.2) is 42.5 Å². The summed E-state index contributed by atoms with van der Waals surface area (Å²) >= 11 is 6.02. The van der Waals surface area contributed by atoms with Crippen molar-refractivity contribution in [2.75, 3.05) is 0 Å². The molecule has 2 aromatic rings. The van der Waals surface area contributed by atoms with Crippen molar-refractivity contribution in [3.63, 3.8) is 0 Å². The number of aliphatic hydroxyl groups is 1. The number of alkyl halides is 3. The summed E-state index contributed by atoms with van der Waals surface area (Å²) in [5.74, 6) is -1.81. The van der Waals surface area contributed by atoms with E-state index in [9.17, 15) is 23.1 Å². The highest BCUT2D eigenvalue weighted by molar-refractivity contribution is 6.33. The Labute approximate surface area is 133 Å². The maximum Gasteiger partial charge on any atom is 0.573 e. The molecule has 23 heavy (non-hydrogen) atoms. The fraction of sp³-hybridized carbons (Fsp3) is 0.133. The molecule has 0 aromatic heterocycles. The van der Waals surface area contributed by atoms with Crippen LogP contribution in [0.2, 0.25) is 5.02 Å². The Bertz CT molecular complexity index is 714. The van der Waals surface area contributed by atoms with Gasteiger partial charge in [-0.05, 0) is 35.4 Å². The fourth-order valence-corrected chi connectivity index (χ4v) is 2.14. The predicted molar refractivity (Wildman–Crippen MR) is 76.2 cm³/mol. The summed E-state index contributed by atoms with van der Waals surface area (Å²) in [5, 5.41) is 18.6. The van der Waals surface area contributed by atoms with Crippen LogP contribution in [0.25, 0.3) is 11.1 Å². The molecule has 0 radical (unpaired) electrons. The molecule has 8 heteroatoms. The lowest BCUT2D eigenvalue weighted by Crippen LogP contribution is -2.16. The maximum atomic E-state index is 12.1. The van der Waals surface area contributed by atoms with Gasteiger partial charge in [0, 0.05) is 10.6 Å². The number of ether oxygens (including phenoxy) is 1. The van der Waals surface area contributed by atoms with E-state index in [0.717, 1.165) is 12.1 Å². The van der Waals surface area contributed by atoms with Crippen molar-refractivity contribution in [3.05, 3.63) is 53.1 Å². The Morgan fingerprint density at radius 2 is 1.74 bits per heavy atom. The van der Waals surface area contributed by atoms with Gasteiger partial charge in [-0.1, -0.05) is 29.8 Å². The Morgan fingerprint density at radius 3 is 2.26 bits per heavy atom. The highest BCUT2D eigenvalue weighted by Crippen LogP contribution is 2.32. The third-order valence-corrected chi connectivity index (χ3v) is 3.27. The van der Waals surface area contributed by atoms with Crippen molar-refractivity contribution >= 4 is 17.6 Å². The van der Waals surface area contributed by atoms with Crippen LogP contribution in [0.5, 0.6) is 5.75 Å². The lowest BCUT2D eigenvalue weighted by molar-refractivity contribution is -0.274.